The van der Waals surface area contributed by atoms with Crippen molar-refractivity contribution in [3.8, 4) is 11.3 Å². The summed E-state index contributed by atoms with van der Waals surface area (Å²) < 4.78 is 12.6. The van der Waals surface area contributed by atoms with Gasteiger partial charge in [-0.15, -0.1) is 0 Å². The van der Waals surface area contributed by atoms with Gasteiger partial charge in [-0.05, 0) is 24.3 Å². The second-order valence-electron chi connectivity index (χ2n) is 2.61. The van der Waals surface area contributed by atoms with Crippen LogP contribution in [0.3, 0.4) is 0 Å². The highest BCUT2D eigenvalue weighted by Gasteiger charge is 2.01. The molecule has 0 spiro atoms. The molecule has 4 heteroatoms. The Hall–Kier alpha value is -1.35. The summed E-state index contributed by atoms with van der Waals surface area (Å²) in [6.45, 7) is 0. The molecule has 0 aliphatic carbocycles. The fourth-order valence-corrected chi connectivity index (χ4v) is 1.21. The van der Waals surface area contributed by atoms with E-state index in [-0.39, 0.29) is 5.82 Å². The molecule has 1 N–H and O–H groups in total. The number of halogens is 2. The predicted molar refractivity (Wildman–Crippen MR) is 49.0 cm³/mol. The first kappa shape index (κ1) is 8.26. The van der Waals surface area contributed by atoms with Gasteiger partial charge in [0.25, 0.3) is 0 Å². The molecule has 0 unspecified atom stereocenters. The maximum absolute atomic E-state index is 12.6. The highest BCUT2D eigenvalue weighted by Crippen LogP contribution is 2.19. The van der Waals surface area contributed by atoms with Crippen LogP contribution in [0.25, 0.3) is 11.3 Å². The molecule has 2 rings (SSSR count). The van der Waals surface area contributed by atoms with Crippen molar-refractivity contribution in [2.75, 3.05) is 0 Å². The van der Waals surface area contributed by atoms with E-state index in [0.717, 1.165) is 5.56 Å². The summed E-state index contributed by atoms with van der Waals surface area (Å²) in [6.07, 6.45) is 0. The Balaban J connectivity index is 2.41. The molecule has 66 valence electrons. The zero-order valence-electron chi connectivity index (χ0n) is 6.59. The lowest BCUT2D eigenvalue weighted by molar-refractivity contribution is 0.628. The molecular formula is C9H6ClFN2. The highest BCUT2D eigenvalue weighted by molar-refractivity contribution is 6.29. The third-order valence-corrected chi connectivity index (χ3v) is 1.88. The minimum atomic E-state index is -0.259. The van der Waals surface area contributed by atoms with Crippen LogP contribution >= 0.6 is 11.6 Å². The fraction of sp³-hybridized carbons (Fsp3) is 0. The molecule has 0 atom stereocenters. The molecule has 0 aliphatic rings. The second-order valence-corrected chi connectivity index (χ2v) is 3.02. The number of hydrogen-bond acceptors (Lipinski definition) is 1. The number of rotatable bonds is 1. The van der Waals surface area contributed by atoms with E-state index in [9.17, 15) is 4.39 Å². The van der Waals surface area contributed by atoms with E-state index >= 15 is 0 Å². The van der Waals surface area contributed by atoms with Crippen LogP contribution in [0.1, 0.15) is 0 Å². The molecular weight excluding hydrogens is 191 g/mol. The van der Waals surface area contributed by atoms with Crippen molar-refractivity contribution >= 4 is 11.6 Å². The number of nitrogens with zero attached hydrogens (tertiary/aromatic N) is 1. The molecule has 0 aliphatic heterocycles. The van der Waals surface area contributed by atoms with Crippen LogP contribution in [0.2, 0.25) is 5.15 Å². The quantitative estimate of drug-likeness (QED) is 0.747. The van der Waals surface area contributed by atoms with Crippen LogP contribution < -0.4 is 0 Å². The van der Waals surface area contributed by atoms with Gasteiger partial charge in [0.1, 0.15) is 11.0 Å². The van der Waals surface area contributed by atoms with Gasteiger partial charge < -0.3 is 0 Å². The number of hydrogen-bond donors (Lipinski definition) is 1. The number of benzene rings is 1. The molecule has 0 amide bonds. The van der Waals surface area contributed by atoms with Crippen molar-refractivity contribution in [1.29, 1.82) is 0 Å². The monoisotopic (exact) mass is 196 g/mol. The SMILES string of the molecule is Fc1ccc(-c2cc(Cl)[nH]n2)cc1. The number of aromatic amines is 1. The van der Waals surface area contributed by atoms with Gasteiger partial charge in [-0.3, -0.25) is 5.10 Å². The van der Waals surface area contributed by atoms with E-state index < -0.39 is 0 Å². The maximum Gasteiger partial charge on any atom is 0.124 e. The number of H-pyrrole nitrogens is 1. The lowest BCUT2D eigenvalue weighted by Crippen LogP contribution is -1.78. The van der Waals surface area contributed by atoms with Crippen LogP contribution in [0.4, 0.5) is 4.39 Å². The summed E-state index contributed by atoms with van der Waals surface area (Å²) in [7, 11) is 0. The van der Waals surface area contributed by atoms with Crippen molar-refractivity contribution in [3.05, 3.63) is 41.3 Å². The van der Waals surface area contributed by atoms with Gasteiger partial charge in [0.15, 0.2) is 0 Å². The van der Waals surface area contributed by atoms with Crippen molar-refractivity contribution in [2.45, 2.75) is 0 Å². The molecule has 0 fully saturated rings. The van der Waals surface area contributed by atoms with Crippen LogP contribution in [-0.4, -0.2) is 10.2 Å². The van der Waals surface area contributed by atoms with Gasteiger partial charge in [0.2, 0.25) is 0 Å². The second kappa shape index (κ2) is 3.18. The molecule has 0 bridgehead atoms. The average Bonchev–Trinajstić information content (AvgIpc) is 2.53. The summed E-state index contributed by atoms with van der Waals surface area (Å²) in [5.74, 6) is -0.259. The molecule has 2 aromatic rings. The number of aromatic nitrogens is 2. The smallest absolute Gasteiger partial charge is 0.124 e. The van der Waals surface area contributed by atoms with Gasteiger partial charge in [0, 0.05) is 11.6 Å². The van der Waals surface area contributed by atoms with Gasteiger partial charge in [-0.1, -0.05) is 11.6 Å². The Bertz CT molecular complexity index is 408. The summed E-state index contributed by atoms with van der Waals surface area (Å²) in [5.41, 5.74) is 1.55. The topological polar surface area (TPSA) is 28.7 Å². The Kier molecular flexibility index (Phi) is 2.02. The third kappa shape index (κ3) is 1.70. The van der Waals surface area contributed by atoms with Crippen molar-refractivity contribution in [2.24, 2.45) is 0 Å². The normalized spacial score (nSPS) is 10.3. The maximum atomic E-state index is 12.6. The lowest BCUT2D eigenvalue weighted by Gasteiger charge is -1.93. The molecule has 2 nitrogen and oxygen atoms in total. The Morgan fingerprint density at radius 2 is 1.92 bits per heavy atom. The first-order valence-electron chi connectivity index (χ1n) is 3.72. The molecule has 0 saturated carbocycles. The largest absolute Gasteiger partial charge is 0.267 e. The van der Waals surface area contributed by atoms with Gasteiger partial charge in [0.05, 0.1) is 5.69 Å². The molecule has 1 aromatic carbocycles. The van der Waals surface area contributed by atoms with Gasteiger partial charge >= 0.3 is 0 Å². The fourth-order valence-electron chi connectivity index (χ4n) is 1.07. The van der Waals surface area contributed by atoms with Crippen LogP contribution in [-0.2, 0) is 0 Å². The van der Waals surface area contributed by atoms with Gasteiger partial charge in [-0.25, -0.2) is 4.39 Å². The van der Waals surface area contributed by atoms with Crippen molar-refractivity contribution in [1.82, 2.24) is 10.2 Å². The van der Waals surface area contributed by atoms with Crippen molar-refractivity contribution in [3.63, 3.8) is 0 Å². The van der Waals surface area contributed by atoms with Crippen LogP contribution in [0, 0.1) is 5.82 Å². The molecule has 0 saturated heterocycles. The summed E-state index contributed by atoms with van der Waals surface area (Å²) >= 11 is 5.65. The summed E-state index contributed by atoms with van der Waals surface area (Å²) in [6, 6.07) is 7.77. The van der Waals surface area contributed by atoms with E-state index in [1.165, 1.54) is 12.1 Å². The van der Waals surface area contributed by atoms with E-state index in [1.807, 2.05) is 0 Å². The van der Waals surface area contributed by atoms with Crippen LogP contribution in [0.5, 0.6) is 0 Å². The Morgan fingerprint density at radius 1 is 1.23 bits per heavy atom. The van der Waals surface area contributed by atoms with Gasteiger partial charge in [-0.2, -0.15) is 5.10 Å². The Labute approximate surface area is 79.4 Å². The van der Waals surface area contributed by atoms with Crippen LogP contribution in [0.15, 0.2) is 30.3 Å². The molecule has 1 aromatic heterocycles. The van der Waals surface area contributed by atoms with E-state index in [2.05, 4.69) is 10.2 Å². The standard InChI is InChI=1S/C9H6ClFN2/c10-9-5-8(12-13-9)6-1-3-7(11)4-2-6/h1-5H,(H,12,13). The zero-order valence-corrected chi connectivity index (χ0v) is 7.35. The molecule has 13 heavy (non-hydrogen) atoms. The first-order valence-corrected chi connectivity index (χ1v) is 4.10. The first-order chi connectivity index (χ1) is 6.25. The van der Waals surface area contributed by atoms with Crippen molar-refractivity contribution < 1.29 is 4.39 Å². The highest BCUT2D eigenvalue weighted by atomic mass is 35.5. The van der Waals surface area contributed by atoms with E-state index in [0.29, 0.717) is 10.8 Å². The number of nitrogens with one attached hydrogen (secondary N) is 1. The lowest BCUT2D eigenvalue weighted by atomic mass is 10.1. The summed E-state index contributed by atoms with van der Waals surface area (Å²) in [5, 5.41) is 7.01. The summed E-state index contributed by atoms with van der Waals surface area (Å²) in [4.78, 5) is 0. The minimum absolute atomic E-state index is 0.259. The molecule has 1 heterocycles. The van der Waals surface area contributed by atoms with E-state index in [1.54, 1.807) is 18.2 Å². The minimum Gasteiger partial charge on any atom is -0.267 e. The average molecular weight is 197 g/mol. The molecule has 0 radical (unpaired) electrons. The predicted octanol–water partition coefficient (Wildman–Crippen LogP) is 2.87. The Morgan fingerprint density at radius 3 is 2.46 bits per heavy atom. The van der Waals surface area contributed by atoms with E-state index in [4.69, 9.17) is 11.6 Å². The zero-order chi connectivity index (χ0) is 9.26. The third-order valence-electron chi connectivity index (χ3n) is 1.69.